The number of hydrogen-bond donors (Lipinski definition) is 1. The molecule has 21 heavy (non-hydrogen) atoms. The summed E-state index contributed by atoms with van der Waals surface area (Å²) in [5.74, 6) is -0.496. The molecule has 1 aliphatic carbocycles. The quantitative estimate of drug-likeness (QED) is 0.400. The Morgan fingerprint density at radius 2 is 2.19 bits per heavy atom. The van der Waals surface area contributed by atoms with Gasteiger partial charge in [0, 0.05) is 28.0 Å². The Morgan fingerprint density at radius 1 is 1.48 bits per heavy atom. The number of allylic oxidation sites excluding steroid dienone is 1. The first-order valence-corrected chi connectivity index (χ1v) is 6.69. The Hall–Kier alpha value is -2.46. The van der Waals surface area contributed by atoms with E-state index in [9.17, 15) is 9.90 Å². The Kier molecular flexibility index (Phi) is 4.50. The molecule has 0 saturated heterocycles. The molecule has 0 aliphatic heterocycles. The zero-order chi connectivity index (χ0) is 15.4. The standard InChI is InChI=1S/C15H17N3O3/c1-9-12(11-5-3-4-6-14(11)19)7-10(15(20)21-2)8-13(9)17-18-16/h3-7,9,12-13,19H,8H2,1-2H3. The molecule has 0 saturated carbocycles. The van der Waals surface area contributed by atoms with Gasteiger partial charge in [0.15, 0.2) is 0 Å². The molecule has 1 aromatic rings. The third-order valence-corrected chi connectivity index (χ3v) is 3.93. The Balaban J connectivity index is 2.47. The fourth-order valence-electron chi connectivity index (χ4n) is 2.72. The highest BCUT2D eigenvalue weighted by Gasteiger charge is 2.33. The molecule has 0 heterocycles. The number of phenols is 1. The van der Waals surface area contributed by atoms with E-state index in [-0.39, 0.29) is 23.6 Å². The molecule has 0 amide bonds. The molecule has 1 aromatic carbocycles. The first-order valence-electron chi connectivity index (χ1n) is 6.69. The number of azide groups is 1. The number of rotatable bonds is 3. The maximum Gasteiger partial charge on any atom is 0.333 e. The van der Waals surface area contributed by atoms with Gasteiger partial charge in [-0.15, -0.1) is 0 Å². The van der Waals surface area contributed by atoms with Crippen LogP contribution in [0.5, 0.6) is 5.75 Å². The van der Waals surface area contributed by atoms with Crippen molar-refractivity contribution in [1.82, 2.24) is 0 Å². The number of methoxy groups -OCH3 is 1. The van der Waals surface area contributed by atoms with Gasteiger partial charge in [0.1, 0.15) is 5.75 Å². The normalized spacial score (nSPS) is 24.7. The maximum atomic E-state index is 11.8. The lowest BCUT2D eigenvalue weighted by Crippen LogP contribution is -2.29. The van der Waals surface area contributed by atoms with E-state index < -0.39 is 5.97 Å². The van der Waals surface area contributed by atoms with Crippen LogP contribution in [0.25, 0.3) is 10.4 Å². The second-order valence-corrected chi connectivity index (χ2v) is 5.10. The largest absolute Gasteiger partial charge is 0.508 e. The van der Waals surface area contributed by atoms with E-state index in [1.54, 1.807) is 24.3 Å². The maximum absolute atomic E-state index is 11.8. The minimum absolute atomic E-state index is 0.0254. The summed E-state index contributed by atoms with van der Waals surface area (Å²) in [5, 5.41) is 13.8. The summed E-state index contributed by atoms with van der Waals surface area (Å²) in [6.07, 6.45) is 2.15. The van der Waals surface area contributed by atoms with Gasteiger partial charge in [0.25, 0.3) is 0 Å². The van der Waals surface area contributed by atoms with Crippen molar-refractivity contribution in [1.29, 1.82) is 0 Å². The number of ether oxygens (including phenoxy) is 1. The van der Waals surface area contributed by atoms with Crippen LogP contribution in [0.3, 0.4) is 0 Å². The van der Waals surface area contributed by atoms with E-state index in [4.69, 9.17) is 10.3 Å². The van der Waals surface area contributed by atoms with E-state index >= 15 is 0 Å². The average Bonchev–Trinajstić information content (AvgIpc) is 2.49. The number of benzene rings is 1. The lowest BCUT2D eigenvalue weighted by molar-refractivity contribution is -0.136. The minimum atomic E-state index is -0.430. The summed E-state index contributed by atoms with van der Waals surface area (Å²) < 4.78 is 4.76. The van der Waals surface area contributed by atoms with Crippen molar-refractivity contribution in [2.75, 3.05) is 7.11 Å². The average molecular weight is 287 g/mol. The summed E-state index contributed by atoms with van der Waals surface area (Å²) in [6.45, 7) is 1.95. The van der Waals surface area contributed by atoms with E-state index in [0.717, 1.165) is 0 Å². The molecular formula is C15H17N3O3. The third-order valence-electron chi connectivity index (χ3n) is 3.93. The fourth-order valence-corrected chi connectivity index (χ4v) is 2.72. The van der Waals surface area contributed by atoms with E-state index in [1.165, 1.54) is 7.11 Å². The number of nitrogens with zero attached hydrogens (tertiary/aromatic N) is 3. The molecule has 0 aromatic heterocycles. The smallest absolute Gasteiger partial charge is 0.333 e. The van der Waals surface area contributed by atoms with E-state index in [0.29, 0.717) is 17.6 Å². The minimum Gasteiger partial charge on any atom is -0.508 e. The zero-order valence-corrected chi connectivity index (χ0v) is 11.9. The number of phenolic OH excluding ortho intramolecular Hbond substituents is 1. The van der Waals surface area contributed by atoms with Crippen LogP contribution in [0.4, 0.5) is 0 Å². The van der Waals surface area contributed by atoms with Crippen LogP contribution in [0, 0.1) is 5.92 Å². The van der Waals surface area contributed by atoms with Crippen LogP contribution in [-0.2, 0) is 9.53 Å². The second-order valence-electron chi connectivity index (χ2n) is 5.10. The van der Waals surface area contributed by atoms with Gasteiger partial charge in [0.05, 0.1) is 7.11 Å². The molecule has 1 aliphatic rings. The zero-order valence-electron chi connectivity index (χ0n) is 11.9. The molecule has 0 fully saturated rings. The highest BCUT2D eigenvalue weighted by molar-refractivity contribution is 5.89. The van der Waals surface area contributed by atoms with Crippen molar-refractivity contribution < 1.29 is 14.6 Å². The molecule has 3 unspecified atom stereocenters. The first-order chi connectivity index (χ1) is 10.1. The summed E-state index contributed by atoms with van der Waals surface area (Å²) in [4.78, 5) is 14.7. The highest BCUT2D eigenvalue weighted by Crippen LogP contribution is 2.41. The second kappa shape index (κ2) is 6.33. The van der Waals surface area contributed by atoms with Gasteiger partial charge >= 0.3 is 5.97 Å². The summed E-state index contributed by atoms with van der Waals surface area (Å²) >= 11 is 0. The van der Waals surface area contributed by atoms with Crippen molar-refractivity contribution in [3.63, 3.8) is 0 Å². The molecule has 2 rings (SSSR count). The van der Waals surface area contributed by atoms with Gasteiger partial charge in [-0.25, -0.2) is 4.79 Å². The lowest BCUT2D eigenvalue weighted by Gasteiger charge is -2.32. The van der Waals surface area contributed by atoms with Gasteiger partial charge in [-0.2, -0.15) is 0 Å². The van der Waals surface area contributed by atoms with Crippen molar-refractivity contribution in [2.45, 2.75) is 25.3 Å². The van der Waals surface area contributed by atoms with E-state index in [1.807, 2.05) is 13.0 Å². The van der Waals surface area contributed by atoms with Gasteiger partial charge in [0.2, 0.25) is 0 Å². The van der Waals surface area contributed by atoms with Crippen molar-refractivity contribution in [3.8, 4) is 5.75 Å². The highest BCUT2D eigenvalue weighted by atomic mass is 16.5. The number of hydrogen-bond acceptors (Lipinski definition) is 4. The predicted molar refractivity (Wildman–Crippen MR) is 77.7 cm³/mol. The Morgan fingerprint density at radius 3 is 2.81 bits per heavy atom. The summed E-state index contributed by atoms with van der Waals surface area (Å²) in [5.41, 5.74) is 9.89. The fraction of sp³-hybridized carbons (Fsp3) is 0.400. The molecule has 1 N–H and O–H groups in total. The van der Waals surface area contributed by atoms with Gasteiger partial charge < -0.3 is 9.84 Å². The van der Waals surface area contributed by atoms with Crippen LogP contribution in [-0.4, -0.2) is 24.2 Å². The first kappa shape index (κ1) is 14.9. The van der Waals surface area contributed by atoms with Crippen LogP contribution < -0.4 is 0 Å². The number of carbonyl (C=O) groups is 1. The molecule has 3 atom stereocenters. The monoisotopic (exact) mass is 287 g/mol. The SMILES string of the molecule is COC(=O)C1=CC(c2ccccc2O)C(C)C(N=[N+]=[N-])C1. The molecule has 0 radical (unpaired) electrons. The van der Waals surface area contributed by atoms with Gasteiger partial charge in [-0.1, -0.05) is 36.3 Å². The topological polar surface area (TPSA) is 95.3 Å². The van der Waals surface area contributed by atoms with Crippen molar-refractivity contribution >= 4 is 5.97 Å². The van der Waals surface area contributed by atoms with Crippen molar-refractivity contribution in [3.05, 3.63) is 51.9 Å². The van der Waals surface area contributed by atoms with E-state index in [2.05, 4.69) is 10.0 Å². The Labute approximate surface area is 122 Å². The van der Waals surface area contributed by atoms with Crippen LogP contribution >= 0.6 is 0 Å². The summed E-state index contributed by atoms with van der Waals surface area (Å²) in [6, 6.07) is 6.62. The third kappa shape index (κ3) is 3.01. The van der Waals surface area contributed by atoms with Gasteiger partial charge in [-0.3, -0.25) is 0 Å². The van der Waals surface area contributed by atoms with Crippen LogP contribution in [0.2, 0.25) is 0 Å². The van der Waals surface area contributed by atoms with Crippen molar-refractivity contribution in [2.24, 2.45) is 11.0 Å². The number of aromatic hydroxyl groups is 1. The Bertz CT molecular complexity index is 620. The van der Waals surface area contributed by atoms with Gasteiger partial charge in [-0.05, 0) is 23.9 Å². The molecule has 6 nitrogen and oxygen atoms in total. The van der Waals surface area contributed by atoms with Crippen LogP contribution in [0.1, 0.15) is 24.8 Å². The number of carbonyl (C=O) groups excluding carboxylic acids is 1. The molecule has 0 bridgehead atoms. The molecule has 6 heteroatoms. The van der Waals surface area contributed by atoms with Crippen LogP contribution in [0.15, 0.2) is 41.0 Å². The number of para-hydroxylation sites is 1. The lowest BCUT2D eigenvalue weighted by atomic mass is 9.75. The number of esters is 1. The molecular weight excluding hydrogens is 270 g/mol. The predicted octanol–water partition coefficient (Wildman–Crippen LogP) is 3.29. The molecule has 110 valence electrons. The summed E-state index contributed by atoms with van der Waals surface area (Å²) in [7, 11) is 1.32. The molecule has 0 spiro atoms.